The fourth-order valence-corrected chi connectivity index (χ4v) is 2.44. The van der Waals surface area contributed by atoms with Gasteiger partial charge in [-0.2, -0.15) is 0 Å². The van der Waals surface area contributed by atoms with Gasteiger partial charge >= 0.3 is 6.09 Å². The van der Waals surface area contributed by atoms with Crippen molar-refractivity contribution in [1.82, 2.24) is 10.6 Å². The molecule has 0 aliphatic carbocycles. The Kier molecular flexibility index (Phi) is 7.88. The minimum absolute atomic E-state index is 0.259. The Morgan fingerprint density at radius 1 is 0.931 bits per heavy atom. The number of rotatable bonds is 8. The third kappa shape index (κ3) is 7.73. The molecule has 156 valence electrons. The van der Waals surface area contributed by atoms with Crippen LogP contribution in [0, 0.1) is 0 Å². The molecular weight excluding hydrogens is 372 g/mol. The fraction of sp³-hybridized carbons (Fsp3) is 0.364. The predicted octanol–water partition coefficient (Wildman–Crippen LogP) is 4.13. The van der Waals surface area contributed by atoms with Crippen molar-refractivity contribution >= 4 is 12.0 Å². The SMILES string of the molecule is COc1cc(Oc2ccccc2)ccc1C(=O)NCCCNC(=O)OC(C)(C)C. The largest absolute Gasteiger partial charge is 0.496 e. The van der Waals surface area contributed by atoms with Gasteiger partial charge in [0.1, 0.15) is 22.8 Å². The highest BCUT2D eigenvalue weighted by Gasteiger charge is 2.16. The zero-order chi connectivity index (χ0) is 21.3. The van der Waals surface area contributed by atoms with Gasteiger partial charge in [0.15, 0.2) is 0 Å². The molecule has 0 aromatic heterocycles. The van der Waals surface area contributed by atoms with Crippen LogP contribution in [0.3, 0.4) is 0 Å². The van der Waals surface area contributed by atoms with Crippen LogP contribution in [0.5, 0.6) is 17.2 Å². The number of hydrogen-bond donors (Lipinski definition) is 2. The second-order valence-corrected chi connectivity index (χ2v) is 7.32. The average Bonchev–Trinajstić information content (AvgIpc) is 2.67. The standard InChI is InChI=1S/C22H28N2O5/c1-22(2,3)29-21(26)24-14-8-13-23-20(25)18-12-11-17(15-19(18)27-4)28-16-9-6-5-7-10-16/h5-7,9-12,15H,8,13-14H2,1-4H3,(H,23,25)(H,24,26). The minimum Gasteiger partial charge on any atom is -0.496 e. The van der Waals surface area contributed by atoms with Gasteiger partial charge in [0, 0.05) is 19.2 Å². The van der Waals surface area contributed by atoms with E-state index in [9.17, 15) is 9.59 Å². The molecule has 2 N–H and O–H groups in total. The maximum atomic E-state index is 12.4. The number of ether oxygens (including phenoxy) is 3. The quantitative estimate of drug-likeness (QED) is 0.651. The third-order valence-electron chi connectivity index (χ3n) is 3.70. The van der Waals surface area contributed by atoms with Gasteiger partial charge in [-0.05, 0) is 51.5 Å². The van der Waals surface area contributed by atoms with Gasteiger partial charge in [0.05, 0.1) is 12.7 Å². The van der Waals surface area contributed by atoms with Crippen molar-refractivity contribution in [3.05, 3.63) is 54.1 Å². The summed E-state index contributed by atoms with van der Waals surface area (Å²) < 4.78 is 16.3. The lowest BCUT2D eigenvalue weighted by Gasteiger charge is -2.19. The van der Waals surface area contributed by atoms with Gasteiger partial charge in [0.25, 0.3) is 5.91 Å². The van der Waals surface area contributed by atoms with E-state index in [0.717, 1.165) is 0 Å². The van der Waals surface area contributed by atoms with Gasteiger partial charge in [0.2, 0.25) is 0 Å². The van der Waals surface area contributed by atoms with Crippen LogP contribution in [0.1, 0.15) is 37.6 Å². The number of nitrogens with one attached hydrogen (secondary N) is 2. The van der Waals surface area contributed by atoms with Crippen LogP contribution in [-0.4, -0.2) is 37.8 Å². The van der Waals surface area contributed by atoms with E-state index in [1.807, 2.05) is 30.3 Å². The smallest absolute Gasteiger partial charge is 0.407 e. The third-order valence-corrected chi connectivity index (χ3v) is 3.70. The number of para-hydroxylation sites is 1. The lowest BCUT2D eigenvalue weighted by atomic mass is 10.1. The molecular formula is C22H28N2O5. The van der Waals surface area contributed by atoms with Gasteiger partial charge in [-0.1, -0.05) is 18.2 Å². The Labute approximate surface area is 171 Å². The Morgan fingerprint density at radius 3 is 2.28 bits per heavy atom. The molecule has 0 saturated heterocycles. The molecule has 0 bridgehead atoms. The molecule has 0 saturated carbocycles. The van der Waals surface area contributed by atoms with E-state index in [2.05, 4.69) is 10.6 Å². The van der Waals surface area contributed by atoms with Crippen molar-refractivity contribution < 1.29 is 23.8 Å². The van der Waals surface area contributed by atoms with Crippen molar-refractivity contribution in [3.8, 4) is 17.2 Å². The van der Waals surface area contributed by atoms with E-state index >= 15 is 0 Å². The van der Waals surface area contributed by atoms with E-state index in [0.29, 0.717) is 42.3 Å². The highest BCUT2D eigenvalue weighted by molar-refractivity contribution is 5.97. The summed E-state index contributed by atoms with van der Waals surface area (Å²) in [6.45, 7) is 6.21. The molecule has 7 nitrogen and oxygen atoms in total. The lowest BCUT2D eigenvalue weighted by molar-refractivity contribution is 0.0527. The van der Waals surface area contributed by atoms with Crippen LogP contribution in [0.4, 0.5) is 4.79 Å². The van der Waals surface area contributed by atoms with Gasteiger partial charge < -0.3 is 24.8 Å². The first kappa shape index (κ1) is 22.1. The van der Waals surface area contributed by atoms with Crippen molar-refractivity contribution in [3.63, 3.8) is 0 Å². The highest BCUT2D eigenvalue weighted by Crippen LogP contribution is 2.28. The van der Waals surface area contributed by atoms with Crippen LogP contribution < -0.4 is 20.1 Å². The molecule has 7 heteroatoms. The molecule has 0 unspecified atom stereocenters. The Bertz CT molecular complexity index is 816. The molecule has 2 aromatic rings. The highest BCUT2D eigenvalue weighted by atomic mass is 16.6. The number of carbonyl (C=O) groups excluding carboxylic acids is 2. The molecule has 2 rings (SSSR count). The summed E-state index contributed by atoms with van der Waals surface area (Å²) in [4.78, 5) is 24.0. The van der Waals surface area contributed by atoms with E-state index < -0.39 is 11.7 Å². The lowest BCUT2D eigenvalue weighted by Crippen LogP contribution is -2.34. The first-order valence-electron chi connectivity index (χ1n) is 9.44. The summed E-state index contributed by atoms with van der Waals surface area (Å²) >= 11 is 0. The summed E-state index contributed by atoms with van der Waals surface area (Å²) in [7, 11) is 1.50. The summed E-state index contributed by atoms with van der Waals surface area (Å²) in [6, 6.07) is 14.4. The molecule has 0 atom stereocenters. The van der Waals surface area contributed by atoms with E-state index in [1.54, 1.807) is 39.0 Å². The second kappa shape index (κ2) is 10.4. The maximum absolute atomic E-state index is 12.4. The Balaban J connectivity index is 1.83. The maximum Gasteiger partial charge on any atom is 0.407 e. The van der Waals surface area contributed by atoms with E-state index in [4.69, 9.17) is 14.2 Å². The van der Waals surface area contributed by atoms with Gasteiger partial charge in [-0.3, -0.25) is 4.79 Å². The number of carbonyl (C=O) groups is 2. The van der Waals surface area contributed by atoms with Crippen molar-refractivity contribution in [2.24, 2.45) is 0 Å². The van der Waals surface area contributed by atoms with Crippen LogP contribution in [0.2, 0.25) is 0 Å². The zero-order valence-corrected chi connectivity index (χ0v) is 17.3. The molecule has 0 heterocycles. The summed E-state index contributed by atoms with van der Waals surface area (Å²) in [5.41, 5.74) is -0.126. The number of hydrogen-bond acceptors (Lipinski definition) is 5. The van der Waals surface area contributed by atoms with E-state index in [1.165, 1.54) is 7.11 Å². The monoisotopic (exact) mass is 400 g/mol. The van der Waals surface area contributed by atoms with Crippen molar-refractivity contribution in [2.75, 3.05) is 20.2 Å². The zero-order valence-electron chi connectivity index (χ0n) is 17.3. The van der Waals surface area contributed by atoms with E-state index in [-0.39, 0.29) is 5.91 Å². The summed E-state index contributed by atoms with van der Waals surface area (Å²) in [5.74, 6) is 1.43. The molecule has 0 aliphatic rings. The summed E-state index contributed by atoms with van der Waals surface area (Å²) in [6.07, 6.45) is 0.0992. The van der Waals surface area contributed by atoms with Crippen molar-refractivity contribution in [2.45, 2.75) is 32.8 Å². The number of methoxy groups -OCH3 is 1. The average molecular weight is 400 g/mol. The van der Waals surface area contributed by atoms with Gasteiger partial charge in [-0.15, -0.1) is 0 Å². The molecule has 0 spiro atoms. The topological polar surface area (TPSA) is 85.9 Å². The van der Waals surface area contributed by atoms with Crippen molar-refractivity contribution in [1.29, 1.82) is 0 Å². The predicted molar refractivity (Wildman–Crippen MR) is 111 cm³/mol. The molecule has 0 aliphatic heterocycles. The van der Waals surface area contributed by atoms with Crippen LogP contribution in [0.25, 0.3) is 0 Å². The normalized spacial score (nSPS) is 10.8. The number of benzene rings is 2. The molecule has 0 fully saturated rings. The molecule has 29 heavy (non-hydrogen) atoms. The molecule has 0 radical (unpaired) electrons. The molecule has 2 aromatic carbocycles. The fourth-order valence-electron chi connectivity index (χ4n) is 2.44. The Morgan fingerprint density at radius 2 is 1.62 bits per heavy atom. The van der Waals surface area contributed by atoms with Crippen LogP contribution in [-0.2, 0) is 4.74 Å². The second-order valence-electron chi connectivity index (χ2n) is 7.32. The van der Waals surface area contributed by atoms with Crippen LogP contribution >= 0.6 is 0 Å². The summed E-state index contributed by atoms with van der Waals surface area (Å²) in [5, 5.41) is 5.47. The minimum atomic E-state index is -0.536. The first-order valence-corrected chi connectivity index (χ1v) is 9.44. The number of alkyl carbamates (subject to hydrolysis) is 1. The first-order chi connectivity index (χ1) is 13.8. The molecule has 2 amide bonds. The van der Waals surface area contributed by atoms with Crippen LogP contribution in [0.15, 0.2) is 48.5 Å². The Hall–Kier alpha value is -3.22. The number of amides is 2. The van der Waals surface area contributed by atoms with Gasteiger partial charge in [-0.25, -0.2) is 4.79 Å².